The van der Waals surface area contributed by atoms with E-state index in [1.165, 1.54) is 0 Å². The number of aromatic nitrogens is 2. The summed E-state index contributed by atoms with van der Waals surface area (Å²) in [7, 11) is 1.90. The van der Waals surface area contributed by atoms with Crippen LogP contribution < -0.4 is 16.0 Å². The molecule has 0 saturated carbocycles. The summed E-state index contributed by atoms with van der Waals surface area (Å²) in [5, 5.41) is 4.76. The van der Waals surface area contributed by atoms with Crippen molar-refractivity contribution in [3.8, 4) is 0 Å². The third-order valence-corrected chi connectivity index (χ3v) is 5.92. The second-order valence-corrected chi connectivity index (χ2v) is 9.24. The number of anilines is 1. The van der Waals surface area contributed by atoms with Crippen LogP contribution in [0.25, 0.3) is 17.6 Å². The van der Waals surface area contributed by atoms with Gasteiger partial charge in [-0.1, -0.05) is 40.9 Å². The number of allylic oxidation sites excluding steroid dienone is 1. The van der Waals surface area contributed by atoms with Crippen LogP contribution in [0.3, 0.4) is 0 Å². The summed E-state index contributed by atoms with van der Waals surface area (Å²) in [6, 6.07) is 8.08. The van der Waals surface area contributed by atoms with E-state index in [-0.39, 0.29) is 7.43 Å². The number of hydrogen-bond acceptors (Lipinski definition) is 8. The second-order valence-electron chi connectivity index (χ2n) is 9.24. The van der Waals surface area contributed by atoms with Crippen molar-refractivity contribution in [3.63, 3.8) is 0 Å². The molecule has 9 nitrogen and oxygen atoms in total. The minimum atomic E-state index is 0. The Balaban J connectivity index is 0.00000603. The summed E-state index contributed by atoms with van der Waals surface area (Å²) in [4.78, 5) is 8.21. The molecule has 0 aliphatic carbocycles. The Morgan fingerprint density at radius 1 is 0.841 bits per heavy atom. The first-order valence-corrected chi connectivity index (χ1v) is 15.5. The van der Waals surface area contributed by atoms with Gasteiger partial charge in [0.25, 0.3) is 0 Å². The predicted molar refractivity (Wildman–Crippen MR) is 183 cm³/mol. The van der Waals surface area contributed by atoms with Gasteiger partial charge in [-0.05, 0) is 63.1 Å². The SMILES string of the molecule is C.C=C(C)/C(O/C(=C\C)c1ccc(NC)cc1)=c1/nc(CCOCCOCCOCCOCCOCCC)[nH]/c1=C/C.CC. The van der Waals surface area contributed by atoms with E-state index in [2.05, 4.69) is 23.8 Å². The Morgan fingerprint density at radius 2 is 1.34 bits per heavy atom. The van der Waals surface area contributed by atoms with Crippen molar-refractivity contribution in [1.29, 1.82) is 0 Å². The third-order valence-electron chi connectivity index (χ3n) is 5.92. The smallest absolute Gasteiger partial charge is 0.157 e. The molecule has 0 spiro atoms. The lowest BCUT2D eigenvalue weighted by atomic mass is 10.1. The summed E-state index contributed by atoms with van der Waals surface area (Å²) in [6.45, 7) is 21.8. The highest BCUT2D eigenvalue weighted by molar-refractivity contribution is 5.69. The van der Waals surface area contributed by atoms with Gasteiger partial charge in [-0.2, -0.15) is 0 Å². The van der Waals surface area contributed by atoms with Crippen molar-refractivity contribution >= 4 is 23.3 Å². The highest BCUT2D eigenvalue weighted by Gasteiger charge is 2.12. The van der Waals surface area contributed by atoms with Crippen LogP contribution in [0.2, 0.25) is 0 Å². The Kier molecular flexibility index (Phi) is 24.7. The van der Waals surface area contributed by atoms with Crippen LogP contribution in [-0.4, -0.2) is 83.1 Å². The molecule has 250 valence electrons. The number of aromatic amines is 1. The molecule has 0 aliphatic rings. The zero-order valence-electron chi connectivity index (χ0n) is 27.6. The lowest BCUT2D eigenvalue weighted by Gasteiger charge is -2.13. The van der Waals surface area contributed by atoms with Crippen molar-refractivity contribution in [3.05, 3.63) is 64.6 Å². The van der Waals surface area contributed by atoms with E-state index in [1.807, 2.05) is 78.1 Å². The normalized spacial score (nSPS) is 12.2. The zero-order valence-corrected chi connectivity index (χ0v) is 27.6. The van der Waals surface area contributed by atoms with Crippen LogP contribution in [0.15, 0.2) is 42.5 Å². The number of ether oxygens (including phenoxy) is 6. The van der Waals surface area contributed by atoms with E-state index in [0.717, 1.165) is 52.1 Å². The lowest BCUT2D eigenvalue weighted by Crippen LogP contribution is -2.28. The molecule has 0 radical (unpaired) electrons. The predicted octanol–water partition coefficient (Wildman–Crippen LogP) is 5.71. The van der Waals surface area contributed by atoms with Crippen LogP contribution in [0.5, 0.6) is 0 Å². The van der Waals surface area contributed by atoms with E-state index >= 15 is 0 Å². The number of rotatable bonds is 22. The van der Waals surface area contributed by atoms with Gasteiger partial charge >= 0.3 is 0 Å². The van der Waals surface area contributed by atoms with Gasteiger partial charge in [0, 0.05) is 31.3 Å². The number of H-pyrrole nitrogens is 1. The molecule has 0 aliphatic heterocycles. The van der Waals surface area contributed by atoms with Gasteiger partial charge < -0.3 is 38.7 Å². The van der Waals surface area contributed by atoms with Gasteiger partial charge in [-0.25, -0.2) is 4.98 Å². The average molecular weight is 618 g/mol. The van der Waals surface area contributed by atoms with Crippen molar-refractivity contribution in [2.45, 2.75) is 61.8 Å². The number of hydrogen-bond donors (Lipinski definition) is 2. The lowest BCUT2D eigenvalue weighted by molar-refractivity contribution is -0.0108. The molecule has 2 N–H and O–H groups in total. The van der Waals surface area contributed by atoms with E-state index in [4.69, 9.17) is 33.4 Å². The fourth-order valence-electron chi connectivity index (χ4n) is 3.77. The molecule has 0 bridgehead atoms. The van der Waals surface area contributed by atoms with Gasteiger partial charge in [-0.3, -0.25) is 0 Å². The van der Waals surface area contributed by atoms with Crippen LogP contribution in [0.4, 0.5) is 5.69 Å². The van der Waals surface area contributed by atoms with Crippen molar-refractivity contribution in [2.75, 3.05) is 78.4 Å². The molecule has 0 fully saturated rings. The zero-order chi connectivity index (χ0) is 31.7. The molecule has 1 heterocycles. The standard InChI is InChI=1S/C32H49N3O6.C2H6.CH4/c1-7-15-36-17-19-38-21-23-40-24-22-39-20-18-37-16-14-30-34-28(8-2)31(35-30)32(25(4)5)41-29(9-3)26-10-12-27(33-6)13-11-26;1-2;/h8-13,33H,4,7,14-24H2,1-3,5-6H3,(H,34,35);1-2H3;1H4/b28-8+,29-9-,32-31-;;. The Bertz CT molecular complexity index is 1160. The number of nitrogens with one attached hydrogen (secondary N) is 2. The second kappa shape index (κ2) is 26.5. The maximum absolute atomic E-state index is 6.38. The first-order valence-electron chi connectivity index (χ1n) is 15.5. The average Bonchev–Trinajstić information content (AvgIpc) is 3.45. The van der Waals surface area contributed by atoms with E-state index in [0.29, 0.717) is 71.6 Å². The summed E-state index contributed by atoms with van der Waals surface area (Å²) in [5.41, 5.74) is 2.80. The van der Waals surface area contributed by atoms with Crippen molar-refractivity contribution < 1.29 is 28.4 Å². The van der Waals surface area contributed by atoms with Crippen molar-refractivity contribution in [1.82, 2.24) is 9.97 Å². The minimum absolute atomic E-state index is 0. The summed E-state index contributed by atoms with van der Waals surface area (Å²) in [6.07, 6.45) is 5.59. The monoisotopic (exact) mass is 617 g/mol. The van der Waals surface area contributed by atoms with Gasteiger partial charge in [-0.15, -0.1) is 0 Å². The first kappa shape index (κ1) is 41.0. The minimum Gasteiger partial charge on any atom is -0.454 e. The Morgan fingerprint density at radius 3 is 1.77 bits per heavy atom. The molecular weight excluding hydrogens is 558 g/mol. The maximum Gasteiger partial charge on any atom is 0.157 e. The molecule has 1 aromatic heterocycles. The van der Waals surface area contributed by atoms with E-state index in [9.17, 15) is 0 Å². The molecule has 0 amide bonds. The summed E-state index contributed by atoms with van der Waals surface area (Å²) in [5.74, 6) is 2.20. The number of nitrogens with zero attached hydrogens (tertiary/aromatic N) is 1. The molecule has 0 unspecified atom stereocenters. The van der Waals surface area contributed by atoms with Crippen LogP contribution in [0, 0.1) is 0 Å². The maximum atomic E-state index is 6.38. The third kappa shape index (κ3) is 16.2. The van der Waals surface area contributed by atoms with Gasteiger partial charge in [0.15, 0.2) is 5.76 Å². The van der Waals surface area contributed by atoms with E-state index < -0.39 is 0 Å². The molecule has 0 atom stereocenters. The quantitative estimate of drug-likeness (QED) is 0.128. The molecular formula is C35H59N3O6. The number of imidazole rings is 1. The van der Waals surface area contributed by atoms with Gasteiger partial charge in [0.2, 0.25) is 0 Å². The Labute approximate surface area is 266 Å². The number of benzene rings is 1. The van der Waals surface area contributed by atoms with Crippen LogP contribution in [0.1, 0.15) is 66.8 Å². The molecule has 9 heteroatoms. The van der Waals surface area contributed by atoms with Crippen LogP contribution >= 0.6 is 0 Å². The molecule has 2 rings (SSSR count). The highest BCUT2D eigenvalue weighted by atomic mass is 16.6. The fraction of sp³-hybridized carbons (Fsp3) is 0.571. The fourth-order valence-corrected chi connectivity index (χ4v) is 3.77. The Hall–Kier alpha value is -2.95. The van der Waals surface area contributed by atoms with Gasteiger partial charge in [0.05, 0.1) is 64.8 Å². The van der Waals surface area contributed by atoms with Crippen LogP contribution in [-0.2, 0) is 34.8 Å². The van der Waals surface area contributed by atoms with E-state index in [1.54, 1.807) is 0 Å². The highest BCUT2D eigenvalue weighted by Crippen LogP contribution is 2.23. The molecule has 2 aromatic rings. The molecule has 1 aromatic carbocycles. The first-order chi connectivity index (χ1) is 21.0. The largest absolute Gasteiger partial charge is 0.454 e. The van der Waals surface area contributed by atoms with Gasteiger partial charge in [0.1, 0.15) is 16.9 Å². The topological polar surface area (TPSA) is 96.1 Å². The molecule has 44 heavy (non-hydrogen) atoms. The van der Waals surface area contributed by atoms with Crippen molar-refractivity contribution in [2.24, 2.45) is 0 Å². The molecule has 0 saturated heterocycles. The summed E-state index contributed by atoms with van der Waals surface area (Å²) >= 11 is 0. The summed E-state index contributed by atoms with van der Waals surface area (Å²) < 4.78 is 34.0.